The molecule has 1 aromatic rings. The largest absolute Gasteiger partial charge is 0.398 e. The highest BCUT2D eigenvalue weighted by atomic mass is 35.5. The van der Waals surface area contributed by atoms with Crippen LogP contribution in [-0.2, 0) is 9.47 Å². The van der Waals surface area contributed by atoms with E-state index in [0.29, 0.717) is 29.4 Å². The number of amides is 1. The highest BCUT2D eigenvalue weighted by Crippen LogP contribution is 2.26. The maximum absolute atomic E-state index is 12.4. The molecule has 1 aliphatic rings. The van der Waals surface area contributed by atoms with Gasteiger partial charge in [0.15, 0.2) is 0 Å². The van der Waals surface area contributed by atoms with Crippen molar-refractivity contribution in [3.63, 3.8) is 0 Å². The van der Waals surface area contributed by atoms with Crippen LogP contribution in [0.3, 0.4) is 0 Å². The van der Waals surface area contributed by atoms with E-state index in [1.807, 2.05) is 0 Å². The third-order valence-electron chi connectivity index (χ3n) is 3.37. The first-order valence-corrected chi connectivity index (χ1v) is 6.35. The van der Waals surface area contributed by atoms with Gasteiger partial charge in [-0.3, -0.25) is 4.79 Å². The van der Waals surface area contributed by atoms with E-state index in [1.165, 1.54) is 0 Å². The van der Waals surface area contributed by atoms with Crippen molar-refractivity contribution in [2.75, 3.05) is 33.0 Å². The smallest absolute Gasteiger partial charge is 0.255 e. The first-order valence-electron chi connectivity index (χ1n) is 5.97. The lowest BCUT2D eigenvalue weighted by molar-refractivity contribution is -0.00461. The summed E-state index contributed by atoms with van der Waals surface area (Å²) >= 11 is 6.07. The van der Waals surface area contributed by atoms with Gasteiger partial charge in [0, 0.05) is 27.3 Å². The zero-order valence-electron chi connectivity index (χ0n) is 10.9. The van der Waals surface area contributed by atoms with Crippen molar-refractivity contribution < 1.29 is 14.3 Å². The average Bonchev–Trinajstić information content (AvgIpc) is 2.84. The van der Waals surface area contributed by atoms with Crippen LogP contribution < -0.4 is 5.73 Å². The fourth-order valence-electron chi connectivity index (χ4n) is 2.25. The van der Waals surface area contributed by atoms with Gasteiger partial charge < -0.3 is 20.1 Å². The second kappa shape index (κ2) is 5.77. The molecule has 104 valence electrons. The van der Waals surface area contributed by atoms with Crippen LogP contribution in [-0.4, -0.2) is 50.3 Å². The number of carbonyl (C=O) groups is 1. The van der Waals surface area contributed by atoms with Crippen molar-refractivity contribution in [1.82, 2.24) is 4.90 Å². The summed E-state index contributed by atoms with van der Waals surface area (Å²) in [6.07, 6.45) is -0.234. The summed E-state index contributed by atoms with van der Waals surface area (Å²) in [5.74, 6) is -0.154. The van der Waals surface area contributed by atoms with Crippen molar-refractivity contribution in [3.05, 3.63) is 28.8 Å². The molecule has 2 atom stereocenters. The Morgan fingerprint density at radius 1 is 1.32 bits per heavy atom. The minimum absolute atomic E-state index is 0.117. The Balaban J connectivity index is 2.19. The van der Waals surface area contributed by atoms with Crippen LogP contribution >= 0.6 is 11.6 Å². The Morgan fingerprint density at radius 3 is 2.42 bits per heavy atom. The molecular weight excluding hydrogens is 268 g/mol. The van der Waals surface area contributed by atoms with E-state index in [-0.39, 0.29) is 18.1 Å². The van der Waals surface area contributed by atoms with Crippen LogP contribution in [0.4, 0.5) is 5.69 Å². The Kier molecular flexibility index (Phi) is 4.29. The normalized spacial score (nSPS) is 22.8. The lowest BCUT2D eigenvalue weighted by Crippen LogP contribution is -2.30. The summed E-state index contributed by atoms with van der Waals surface area (Å²) in [6.45, 7) is 0.970. The fourth-order valence-corrected chi connectivity index (χ4v) is 2.45. The number of benzene rings is 1. The molecule has 0 spiro atoms. The minimum Gasteiger partial charge on any atom is -0.398 e. The molecule has 0 aliphatic carbocycles. The van der Waals surface area contributed by atoms with Crippen LogP contribution in [0.25, 0.3) is 0 Å². The average molecular weight is 285 g/mol. The van der Waals surface area contributed by atoms with Crippen molar-refractivity contribution >= 4 is 23.2 Å². The maximum Gasteiger partial charge on any atom is 0.255 e. The minimum atomic E-state index is -0.154. The molecule has 0 aromatic heterocycles. The Bertz CT molecular complexity index is 469. The van der Waals surface area contributed by atoms with Crippen LogP contribution in [0.15, 0.2) is 18.2 Å². The number of rotatable bonds is 3. The van der Waals surface area contributed by atoms with Gasteiger partial charge in [-0.05, 0) is 12.1 Å². The summed E-state index contributed by atoms with van der Waals surface area (Å²) in [5, 5.41) is 0.294. The molecule has 2 unspecified atom stereocenters. The van der Waals surface area contributed by atoms with E-state index in [0.717, 1.165) is 0 Å². The van der Waals surface area contributed by atoms with Gasteiger partial charge >= 0.3 is 0 Å². The molecule has 1 aliphatic heterocycles. The molecule has 6 heteroatoms. The first kappa shape index (κ1) is 14.1. The predicted molar refractivity (Wildman–Crippen MR) is 73.4 cm³/mol. The van der Waals surface area contributed by atoms with Gasteiger partial charge in [-0.25, -0.2) is 0 Å². The van der Waals surface area contributed by atoms with Crippen LogP contribution in [0, 0.1) is 0 Å². The number of halogens is 1. The van der Waals surface area contributed by atoms with Gasteiger partial charge in [0.1, 0.15) is 12.2 Å². The topological polar surface area (TPSA) is 64.8 Å². The maximum atomic E-state index is 12.4. The van der Waals surface area contributed by atoms with E-state index in [1.54, 1.807) is 37.3 Å². The lowest BCUT2D eigenvalue weighted by Gasteiger charge is -2.17. The van der Waals surface area contributed by atoms with Gasteiger partial charge in [-0.1, -0.05) is 17.7 Å². The standard InChI is InChI=1S/C13H17ClN2O3/c1-18-10-6-16(7-11(10)19-2)13(17)8-4-3-5-9(15)12(8)14/h3-5,10-11H,6-7,15H2,1-2H3. The number of likely N-dealkylation sites (tertiary alicyclic amines) is 1. The fraction of sp³-hybridized carbons (Fsp3) is 0.462. The number of nitrogen functional groups attached to an aromatic ring is 1. The molecular formula is C13H17ClN2O3. The number of hydrogen-bond donors (Lipinski definition) is 1. The molecule has 1 saturated heterocycles. The second-order valence-corrected chi connectivity index (χ2v) is 4.85. The summed E-state index contributed by atoms with van der Waals surface area (Å²) in [5.41, 5.74) is 6.52. The van der Waals surface area contributed by atoms with Crippen LogP contribution in [0.1, 0.15) is 10.4 Å². The van der Waals surface area contributed by atoms with Crippen molar-refractivity contribution in [1.29, 1.82) is 0 Å². The summed E-state index contributed by atoms with van der Waals surface area (Å²) in [4.78, 5) is 14.1. The van der Waals surface area contributed by atoms with E-state index in [2.05, 4.69) is 0 Å². The van der Waals surface area contributed by atoms with E-state index in [9.17, 15) is 4.79 Å². The summed E-state index contributed by atoms with van der Waals surface area (Å²) < 4.78 is 10.6. The number of nitrogens with zero attached hydrogens (tertiary/aromatic N) is 1. The zero-order chi connectivity index (χ0) is 14.0. The number of hydrogen-bond acceptors (Lipinski definition) is 4. The van der Waals surface area contributed by atoms with Crippen molar-refractivity contribution in [3.8, 4) is 0 Å². The second-order valence-electron chi connectivity index (χ2n) is 4.47. The Hall–Kier alpha value is -1.30. The Labute approximate surface area is 117 Å². The van der Waals surface area contributed by atoms with E-state index >= 15 is 0 Å². The molecule has 5 nitrogen and oxygen atoms in total. The molecule has 1 amide bonds. The highest BCUT2D eigenvalue weighted by Gasteiger charge is 2.36. The van der Waals surface area contributed by atoms with Crippen molar-refractivity contribution in [2.45, 2.75) is 12.2 Å². The van der Waals surface area contributed by atoms with Crippen molar-refractivity contribution in [2.24, 2.45) is 0 Å². The molecule has 0 saturated carbocycles. The molecule has 1 fully saturated rings. The first-order chi connectivity index (χ1) is 9.08. The quantitative estimate of drug-likeness (QED) is 0.853. The van der Waals surface area contributed by atoms with Crippen LogP contribution in [0.2, 0.25) is 5.02 Å². The summed E-state index contributed by atoms with van der Waals surface area (Å²) in [7, 11) is 3.22. The summed E-state index contributed by atoms with van der Waals surface area (Å²) in [6, 6.07) is 5.05. The SMILES string of the molecule is COC1CN(C(=O)c2cccc(N)c2Cl)CC1OC. The van der Waals surface area contributed by atoms with Gasteiger partial charge in [-0.2, -0.15) is 0 Å². The zero-order valence-corrected chi connectivity index (χ0v) is 11.7. The van der Waals surface area contributed by atoms with Gasteiger partial charge in [-0.15, -0.1) is 0 Å². The highest BCUT2D eigenvalue weighted by molar-refractivity contribution is 6.36. The van der Waals surface area contributed by atoms with Gasteiger partial charge in [0.25, 0.3) is 5.91 Å². The van der Waals surface area contributed by atoms with Crippen LogP contribution in [0.5, 0.6) is 0 Å². The molecule has 0 radical (unpaired) electrons. The molecule has 2 N–H and O–H groups in total. The number of carbonyl (C=O) groups excluding carboxylic acids is 1. The lowest BCUT2D eigenvalue weighted by atomic mass is 10.2. The number of anilines is 1. The third kappa shape index (κ3) is 2.68. The van der Waals surface area contributed by atoms with Gasteiger partial charge in [0.05, 0.1) is 16.3 Å². The number of nitrogens with two attached hydrogens (primary N) is 1. The number of ether oxygens (including phenoxy) is 2. The molecule has 0 bridgehead atoms. The molecule has 19 heavy (non-hydrogen) atoms. The van der Waals surface area contributed by atoms with E-state index in [4.69, 9.17) is 26.8 Å². The predicted octanol–water partition coefficient (Wildman–Crippen LogP) is 1.41. The Morgan fingerprint density at radius 2 is 1.89 bits per heavy atom. The number of methoxy groups -OCH3 is 2. The van der Waals surface area contributed by atoms with E-state index < -0.39 is 0 Å². The van der Waals surface area contributed by atoms with Gasteiger partial charge in [0.2, 0.25) is 0 Å². The molecule has 2 rings (SSSR count). The molecule has 1 heterocycles. The monoisotopic (exact) mass is 284 g/mol. The third-order valence-corrected chi connectivity index (χ3v) is 3.79. The molecule has 1 aromatic carbocycles.